The maximum atomic E-state index is 12.2. The summed E-state index contributed by atoms with van der Waals surface area (Å²) in [6, 6.07) is 4.33. The van der Waals surface area contributed by atoms with Crippen LogP contribution in [0.4, 0.5) is 19.3 Å². The number of nitrogens with one attached hydrogen (secondary N) is 2. The normalized spacial score (nSPS) is 12.3. The fraction of sp³-hybridized carbons (Fsp3) is 0.562. The molecule has 5 nitrogen and oxygen atoms in total. The van der Waals surface area contributed by atoms with Crippen molar-refractivity contribution < 1.29 is 23.4 Å². The molecular formula is C16H24F2N2O3. The average molecular weight is 330 g/mol. The molecule has 1 rings (SSSR count). The topological polar surface area (TPSA) is 70.6 Å². The summed E-state index contributed by atoms with van der Waals surface area (Å²) in [6.45, 7) is 5.14. The number of urea groups is 1. The van der Waals surface area contributed by atoms with Gasteiger partial charge in [-0.1, -0.05) is 19.9 Å². The van der Waals surface area contributed by atoms with Gasteiger partial charge in [0.2, 0.25) is 0 Å². The van der Waals surface area contributed by atoms with Crippen LogP contribution in [0.1, 0.15) is 25.8 Å². The second-order valence-corrected chi connectivity index (χ2v) is 5.80. The zero-order chi connectivity index (χ0) is 17.4. The van der Waals surface area contributed by atoms with Crippen molar-refractivity contribution >= 4 is 11.7 Å². The number of carbonyl (C=O) groups is 1. The van der Waals surface area contributed by atoms with Crippen molar-refractivity contribution in [1.29, 1.82) is 0 Å². The molecule has 0 saturated carbocycles. The number of hydrogen-bond acceptors (Lipinski definition) is 3. The molecule has 0 bridgehead atoms. The maximum absolute atomic E-state index is 12.2. The number of aliphatic hydroxyl groups excluding tert-OH is 1. The van der Waals surface area contributed by atoms with Crippen LogP contribution in [0, 0.1) is 12.8 Å². The highest BCUT2D eigenvalue weighted by molar-refractivity contribution is 5.89. The summed E-state index contributed by atoms with van der Waals surface area (Å²) in [5.74, 6) is 0.629. The Bertz CT molecular complexity index is 510. The number of carbonyl (C=O) groups excluding carboxylic acids is 1. The molecule has 0 heterocycles. The molecule has 0 saturated heterocycles. The Morgan fingerprint density at radius 1 is 1.35 bits per heavy atom. The Balaban J connectivity index is 2.52. The quantitative estimate of drug-likeness (QED) is 0.686. The summed E-state index contributed by atoms with van der Waals surface area (Å²) in [7, 11) is 0. The van der Waals surface area contributed by atoms with E-state index in [1.165, 1.54) is 6.07 Å². The second kappa shape index (κ2) is 9.29. The number of aryl methyl sites for hydroxylation is 1. The predicted molar refractivity (Wildman–Crippen MR) is 85.2 cm³/mol. The van der Waals surface area contributed by atoms with E-state index in [-0.39, 0.29) is 6.54 Å². The number of rotatable bonds is 8. The van der Waals surface area contributed by atoms with Crippen molar-refractivity contribution in [2.24, 2.45) is 5.92 Å². The van der Waals surface area contributed by atoms with E-state index >= 15 is 0 Å². The lowest BCUT2D eigenvalue weighted by molar-refractivity contribution is 0.0816. The van der Waals surface area contributed by atoms with E-state index in [0.717, 1.165) is 0 Å². The van der Waals surface area contributed by atoms with Crippen molar-refractivity contribution in [3.05, 3.63) is 23.8 Å². The first-order valence-electron chi connectivity index (χ1n) is 7.52. The first-order valence-corrected chi connectivity index (χ1v) is 7.52. The average Bonchev–Trinajstić information content (AvgIpc) is 2.45. The third-order valence-corrected chi connectivity index (χ3v) is 3.05. The van der Waals surface area contributed by atoms with E-state index in [4.69, 9.17) is 4.74 Å². The van der Waals surface area contributed by atoms with Crippen LogP contribution in [0.3, 0.4) is 0 Å². The SMILES string of the molecule is Cc1ccc(NC(=O)NCC(O)CC(C)C)cc1OCC(F)F. The molecule has 1 aromatic rings. The minimum absolute atomic E-state index is 0.143. The molecule has 0 aliphatic rings. The zero-order valence-corrected chi connectivity index (χ0v) is 13.6. The van der Waals surface area contributed by atoms with Gasteiger partial charge in [-0.25, -0.2) is 13.6 Å². The van der Waals surface area contributed by atoms with Crippen molar-refractivity contribution in [1.82, 2.24) is 5.32 Å². The predicted octanol–water partition coefficient (Wildman–Crippen LogP) is 3.17. The Kier molecular flexibility index (Phi) is 7.74. The number of aliphatic hydroxyl groups is 1. The number of anilines is 1. The summed E-state index contributed by atoms with van der Waals surface area (Å²) >= 11 is 0. The van der Waals surface area contributed by atoms with Crippen molar-refractivity contribution in [3.8, 4) is 5.75 Å². The lowest BCUT2D eigenvalue weighted by Crippen LogP contribution is -2.35. The molecule has 1 aromatic carbocycles. The van der Waals surface area contributed by atoms with Crippen LogP contribution < -0.4 is 15.4 Å². The third kappa shape index (κ3) is 7.78. The third-order valence-electron chi connectivity index (χ3n) is 3.05. The molecular weight excluding hydrogens is 306 g/mol. The summed E-state index contributed by atoms with van der Waals surface area (Å²) in [4.78, 5) is 11.8. The molecule has 0 aromatic heterocycles. The van der Waals surface area contributed by atoms with Gasteiger partial charge in [-0.15, -0.1) is 0 Å². The first-order chi connectivity index (χ1) is 10.8. The maximum Gasteiger partial charge on any atom is 0.319 e. The van der Waals surface area contributed by atoms with Gasteiger partial charge >= 0.3 is 6.03 Å². The Hall–Kier alpha value is -1.89. The van der Waals surface area contributed by atoms with Crippen LogP contribution >= 0.6 is 0 Å². The molecule has 2 amide bonds. The molecule has 1 unspecified atom stereocenters. The standard InChI is InChI=1S/C16H24F2N2O3/c1-10(2)6-13(21)8-19-16(22)20-12-5-4-11(3)14(7-12)23-9-15(17)18/h4-5,7,10,13,15,21H,6,8-9H2,1-3H3,(H2,19,20,22). The van der Waals surface area contributed by atoms with Gasteiger partial charge < -0.3 is 20.5 Å². The molecule has 23 heavy (non-hydrogen) atoms. The monoisotopic (exact) mass is 330 g/mol. The van der Waals surface area contributed by atoms with Crippen LogP contribution in [0.25, 0.3) is 0 Å². The Morgan fingerprint density at radius 3 is 2.65 bits per heavy atom. The lowest BCUT2D eigenvalue weighted by atomic mass is 10.1. The van der Waals surface area contributed by atoms with Crippen LogP contribution in [0.15, 0.2) is 18.2 Å². The van der Waals surface area contributed by atoms with Crippen molar-refractivity contribution in [2.45, 2.75) is 39.7 Å². The fourth-order valence-corrected chi connectivity index (χ4v) is 2.00. The molecule has 7 heteroatoms. The van der Waals surface area contributed by atoms with Gasteiger partial charge in [0, 0.05) is 18.3 Å². The molecule has 0 spiro atoms. The van der Waals surface area contributed by atoms with Crippen LogP contribution in [0.5, 0.6) is 5.75 Å². The van der Waals surface area contributed by atoms with Gasteiger partial charge in [-0.3, -0.25) is 0 Å². The van der Waals surface area contributed by atoms with E-state index in [1.54, 1.807) is 19.1 Å². The lowest BCUT2D eigenvalue weighted by Gasteiger charge is -2.15. The summed E-state index contributed by atoms with van der Waals surface area (Å²) < 4.78 is 29.4. The van der Waals surface area contributed by atoms with Crippen LogP contribution in [-0.2, 0) is 0 Å². The minimum Gasteiger partial charge on any atom is -0.487 e. The fourth-order valence-electron chi connectivity index (χ4n) is 2.00. The number of alkyl halides is 2. The summed E-state index contributed by atoms with van der Waals surface area (Å²) in [5, 5.41) is 14.8. The largest absolute Gasteiger partial charge is 0.487 e. The summed E-state index contributed by atoms with van der Waals surface area (Å²) in [5.41, 5.74) is 1.12. The van der Waals surface area contributed by atoms with Crippen molar-refractivity contribution in [2.75, 3.05) is 18.5 Å². The minimum atomic E-state index is -2.56. The van der Waals surface area contributed by atoms with Gasteiger partial charge in [-0.2, -0.15) is 0 Å². The molecule has 3 N–H and O–H groups in total. The highest BCUT2D eigenvalue weighted by Gasteiger charge is 2.11. The Morgan fingerprint density at radius 2 is 2.04 bits per heavy atom. The smallest absolute Gasteiger partial charge is 0.319 e. The van der Waals surface area contributed by atoms with Gasteiger partial charge in [0.05, 0.1) is 6.10 Å². The molecule has 130 valence electrons. The number of ether oxygens (including phenoxy) is 1. The number of benzene rings is 1. The first kappa shape index (κ1) is 19.2. The molecule has 0 radical (unpaired) electrons. The van der Waals surface area contributed by atoms with Gasteiger partial charge in [0.15, 0.2) is 0 Å². The molecule has 1 atom stereocenters. The number of hydrogen-bond donors (Lipinski definition) is 3. The van der Waals surface area contributed by atoms with Gasteiger partial charge in [0.25, 0.3) is 6.43 Å². The molecule has 0 fully saturated rings. The summed E-state index contributed by atoms with van der Waals surface area (Å²) in [6.07, 6.45) is -2.57. The van der Waals surface area contributed by atoms with E-state index in [9.17, 15) is 18.7 Å². The highest BCUT2D eigenvalue weighted by atomic mass is 19.3. The number of amides is 2. The van der Waals surface area contributed by atoms with E-state index in [1.807, 2.05) is 13.8 Å². The van der Waals surface area contributed by atoms with Crippen molar-refractivity contribution in [3.63, 3.8) is 0 Å². The van der Waals surface area contributed by atoms with Crippen LogP contribution in [-0.4, -0.2) is 36.8 Å². The zero-order valence-electron chi connectivity index (χ0n) is 13.6. The van der Waals surface area contributed by atoms with E-state index in [2.05, 4.69) is 10.6 Å². The van der Waals surface area contributed by atoms with E-state index in [0.29, 0.717) is 29.3 Å². The van der Waals surface area contributed by atoms with Gasteiger partial charge in [-0.05, 0) is 30.9 Å². The highest BCUT2D eigenvalue weighted by Crippen LogP contribution is 2.23. The van der Waals surface area contributed by atoms with Crippen LogP contribution in [0.2, 0.25) is 0 Å². The van der Waals surface area contributed by atoms with Gasteiger partial charge in [0.1, 0.15) is 12.4 Å². The molecule has 0 aliphatic heterocycles. The molecule has 0 aliphatic carbocycles. The second-order valence-electron chi connectivity index (χ2n) is 5.80. The number of halogens is 2. The van der Waals surface area contributed by atoms with E-state index < -0.39 is 25.2 Å². The Labute approximate surface area is 135 Å².